The summed E-state index contributed by atoms with van der Waals surface area (Å²) in [5.74, 6) is 0.837. The highest BCUT2D eigenvalue weighted by Crippen LogP contribution is 2.27. The van der Waals surface area contributed by atoms with Crippen LogP contribution in [0.25, 0.3) is 10.2 Å². The van der Waals surface area contributed by atoms with Crippen LogP contribution < -0.4 is 5.32 Å². The van der Waals surface area contributed by atoms with Crippen LogP contribution in [0.15, 0.2) is 18.2 Å². The second kappa shape index (κ2) is 4.75. The van der Waals surface area contributed by atoms with Crippen molar-refractivity contribution in [1.29, 1.82) is 0 Å². The van der Waals surface area contributed by atoms with Gasteiger partial charge < -0.3 is 5.32 Å². The molecule has 0 radical (unpaired) electrons. The molecule has 0 atom stereocenters. The lowest BCUT2D eigenvalue weighted by Gasteiger charge is -2.22. The molecule has 2 nitrogen and oxygen atoms in total. The normalized spacial score (nSPS) is 17.7. The molecule has 1 aliphatic rings. The Kier molecular flexibility index (Phi) is 3.12. The SMILES string of the molecule is Cc1nc2c(CC3CCNCC3)cccc2s1. The number of fused-ring (bicyclic) bond motifs is 1. The van der Waals surface area contributed by atoms with Gasteiger partial charge in [0, 0.05) is 0 Å². The molecule has 3 rings (SSSR count). The van der Waals surface area contributed by atoms with Gasteiger partial charge >= 0.3 is 0 Å². The molecule has 0 spiro atoms. The number of rotatable bonds is 2. The van der Waals surface area contributed by atoms with E-state index < -0.39 is 0 Å². The molecule has 1 aromatic heterocycles. The van der Waals surface area contributed by atoms with Gasteiger partial charge in [-0.3, -0.25) is 0 Å². The molecule has 17 heavy (non-hydrogen) atoms. The summed E-state index contributed by atoms with van der Waals surface area (Å²) in [6, 6.07) is 6.62. The standard InChI is InChI=1S/C14H18N2S/c1-10-16-14-12(3-2-4-13(14)17-10)9-11-5-7-15-8-6-11/h2-4,11,15H,5-9H2,1H3. The molecule has 1 aliphatic heterocycles. The van der Waals surface area contributed by atoms with E-state index >= 15 is 0 Å². The molecular weight excluding hydrogens is 228 g/mol. The number of hydrogen-bond donors (Lipinski definition) is 1. The molecule has 3 heteroatoms. The van der Waals surface area contributed by atoms with E-state index in [1.807, 2.05) is 0 Å². The summed E-state index contributed by atoms with van der Waals surface area (Å²) >= 11 is 1.80. The topological polar surface area (TPSA) is 24.9 Å². The van der Waals surface area contributed by atoms with E-state index in [1.54, 1.807) is 11.3 Å². The summed E-state index contributed by atoms with van der Waals surface area (Å²) in [4.78, 5) is 4.68. The van der Waals surface area contributed by atoms with Gasteiger partial charge in [-0.2, -0.15) is 0 Å². The van der Waals surface area contributed by atoms with Crippen molar-refractivity contribution in [3.05, 3.63) is 28.8 Å². The van der Waals surface area contributed by atoms with Crippen molar-refractivity contribution in [2.75, 3.05) is 13.1 Å². The molecule has 0 aliphatic carbocycles. The van der Waals surface area contributed by atoms with Gasteiger partial charge in [0.15, 0.2) is 0 Å². The minimum atomic E-state index is 0.837. The second-order valence-corrected chi connectivity index (χ2v) is 6.13. The molecule has 0 saturated carbocycles. The maximum atomic E-state index is 4.68. The summed E-state index contributed by atoms with van der Waals surface area (Å²) in [5.41, 5.74) is 2.69. The second-order valence-electron chi connectivity index (χ2n) is 4.89. The van der Waals surface area contributed by atoms with Crippen LogP contribution in [0.2, 0.25) is 0 Å². The molecular formula is C14H18N2S. The number of piperidine rings is 1. The Morgan fingerprint density at radius 1 is 1.35 bits per heavy atom. The van der Waals surface area contributed by atoms with Crippen molar-refractivity contribution < 1.29 is 0 Å². The first-order chi connectivity index (χ1) is 8.33. The molecule has 1 fully saturated rings. The third kappa shape index (κ3) is 2.35. The lowest BCUT2D eigenvalue weighted by molar-refractivity contribution is 0.373. The summed E-state index contributed by atoms with van der Waals surface area (Å²) in [6.45, 7) is 4.45. The average molecular weight is 246 g/mol. The Hall–Kier alpha value is -0.930. The zero-order chi connectivity index (χ0) is 11.7. The predicted molar refractivity (Wildman–Crippen MR) is 73.7 cm³/mol. The molecule has 1 N–H and O–H groups in total. The van der Waals surface area contributed by atoms with Crippen molar-refractivity contribution in [3.63, 3.8) is 0 Å². The average Bonchev–Trinajstić information content (AvgIpc) is 2.72. The number of aryl methyl sites for hydroxylation is 1. The first-order valence-corrected chi connectivity index (χ1v) is 7.20. The first kappa shape index (κ1) is 11.2. The molecule has 2 heterocycles. The molecule has 90 valence electrons. The van der Waals surface area contributed by atoms with Crippen LogP contribution in [0.3, 0.4) is 0 Å². The van der Waals surface area contributed by atoms with Crippen LogP contribution in [0.5, 0.6) is 0 Å². The largest absolute Gasteiger partial charge is 0.317 e. The fraction of sp³-hybridized carbons (Fsp3) is 0.500. The maximum Gasteiger partial charge on any atom is 0.0907 e. The number of benzene rings is 1. The maximum absolute atomic E-state index is 4.68. The Morgan fingerprint density at radius 2 is 2.18 bits per heavy atom. The zero-order valence-corrected chi connectivity index (χ0v) is 11.0. The van der Waals surface area contributed by atoms with Crippen molar-refractivity contribution in [2.24, 2.45) is 5.92 Å². The van der Waals surface area contributed by atoms with Crippen LogP contribution in [-0.4, -0.2) is 18.1 Å². The molecule has 1 aromatic carbocycles. The van der Waals surface area contributed by atoms with Crippen LogP contribution in [0.4, 0.5) is 0 Å². The Balaban J connectivity index is 1.88. The summed E-state index contributed by atoms with van der Waals surface area (Å²) in [6.07, 6.45) is 3.81. The van der Waals surface area contributed by atoms with E-state index in [1.165, 1.54) is 53.1 Å². The van der Waals surface area contributed by atoms with Crippen molar-refractivity contribution in [2.45, 2.75) is 26.2 Å². The number of para-hydroxylation sites is 1. The molecule has 0 amide bonds. The van der Waals surface area contributed by atoms with E-state index in [0.717, 1.165) is 5.92 Å². The van der Waals surface area contributed by atoms with Crippen LogP contribution in [-0.2, 0) is 6.42 Å². The van der Waals surface area contributed by atoms with E-state index in [4.69, 9.17) is 0 Å². The van der Waals surface area contributed by atoms with E-state index in [-0.39, 0.29) is 0 Å². The number of thiazole rings is 1. The minimum Gasteiger partial charge on any atom is -0.317 e. The highest BCUT2D eigenvalue weighted by molar-refractivity contribution is 7.18. The van der Waals surface area contributed by atoms with Gasteiger partial charge in [0.1, 0.15) is 0 Å². The predicted octanol–water partition coefficient (Wildman–Crippen LogP) is 3.15. The lowest BCUT2D eigenvalue weighted by Crippen LogP contribution is -2.28. The Bertz CT molecular complexity index is 512. The fourth-order valence-electron chi connectivity index (χ4n) is 2.68. The highest BCUT2D eigenvalue weighted by Gasteiger charge is 2.15. The number of aromatic nitrogens is 1. The molecule has 2 aromatic rings. The summed E-state index contributed by atoms with van der Waals surface area (Å²) in [5, 5.41) is 4.61. The van der Waals surface area contributed by atoms with Crippen LogP contribution >= 0.6 is 11.3 Å². The van der Waals surface area contributed by atoms with Gasteiger partial charge in [0.25, 0.3) is 0 Å². The van der Waals surface area contributed by atoms with Gasteiger partial charge in [0.05, 0.1) is 15.2 Å². The van der Waals surface area contributed by atoms with Crippen LogP contribution in [0.1, 0.15) is 23.4 Å². The number of hydrogen-bond acceptors (Lipinski definition) is 3. The van der Waals surface area contributed by atoms with E-state index in [9.17, 15) is 0 Å². The fourth-order valence-corrected chi connectivity index (χ4v) is 3.55. The number of nitrogens with one attached hydrogen (secondary N) is 1. The quantitative estimate of drug-likeness (QED) is 0.880. The third-order valence-electron chi connectivity index (χ3n) is 3.58. The summed E-state index contributed by atoms with van der Waals surface area (Å²) in [7, 11) is 0. The Morgan fingerprint density at radius 3 is 3.00 bits per heavy atom. The van der Waals surface area contributed by atoms with Gasteiger partial charge in [-0.05, 0) is 56.8 Å². The van der Waals surface area contributed by atoms with Crippen molar-refractivity contribution >= 4 is 21.6 Å². The first-order valence-electron chi connectivity index (χ1n) is 6.38. The van der Waals surface area contributed by atoms with E-state index in [2.05, 4.69) is 35.4 Å². The van der Waals surface area contributed by atoms with Crippen molar-refractivity contribution in [1.82, 2.24) is 10.3 Å². The lowest BCUT2D eigenvalue weighted by atomic mass is 9.91. The summed E-state index contributed by atoms with van der Waals surface area (Å²) < 4.78 is 1.34. The van der Waals surface area contributed by atoms with Crippen LogP contribution in [0, 0.1) is 12.8 Å². The zero-order valence-electron chi connectivity index (χ0n) is 10.2. The Labute approximate surface area is 106 Å². The third-order valence-corrected chi connectivity index (χ3v) is 4.51. The smallest absolute Gasteiger partial charge is 0.0907 e. The van der Waals surface area contributed by atoms with Gasteiger partial charge in [-0.25, -0.2) is 4.98 Å². The number of nitrogens with zero attached hydrogens (tertiary/aromatic N) is 1. The van der Waals surface area contributed by atoms with Gasteiger partial charge in [-0.1, -0.05) is 12.1 Å². The van der Waals surface area contributed by atoms with Crippen molar-refractivity contribution in [3.8, 4) is 0 Å². The molecule has 0 bridgehead atoms. The molecule has 0 unspecified atom stereocenters. The molecule has 1 saturated heterocycles. The van der Waals surface area contributed by atoms with E-state index in [0.29, 0.717) is 0 Å². The highest BCUT2D eigenvalue weighted by atomic mass is 32.1. The minimum absolute atomic E-state index is 0.837. The van der Waals surface area contributed by atoms with Gasteiger partial charge in [0.2, 0.25) is 0 Å². The van der Waals surface area contributed by atoms with Gasteiger partial charge in [-0.15, -0.1) is 11.3 Å². The monoisotopic (exact) mass is 246 g/mol.